The zero-order valence-electron chi connectivity index (χ0n) is 10.4. The van der Waals surface area contributed by atoms with Crippen molar-refractivity contribution >= 4 is 39.5 Å². The van der Waals surface area contributed by atoms with Gasteiger partial charge in [0.25, 0.3) is 0 Å². The normalized spacial score (nSPS) is 19.3. The second-order valence-electron chi connectivity index (χ2n) is 4.55. The summed E-state index contributed by atoms with van der Waals surface area (Å²) in [6.45, 7) is 2.10. The Labute approximate surface area is 114 Å². The van der Waals surface area contributed by atoms with E-state index in [0.717, 1.165) is 16.7 Å². The number of pyridine rings is 1. The minimum atomic E-state index is 0.0481. The summed E-state index contributed by atoms with van der Waals surface area (Å²) in [7, 11) is 0. The molecule has 1 unspecified atom stereocenters. The third-order valence-electron chi connectivity index (χ3n) is 3.12. The molecule has 98 valence electrons. The van der Waals surface area contributed by atoms with Crippen LogP contribution in [0, 0.1) is 0 Å². The molecular formula is C13H13N3O2S. The van der Waals surface area contributed by atoms with Gasteiger partial charge in [-0.25, -0.2) is 4.98 Å². The van der Waals surface area contributed by atoms with Crippen molar-refractivity contribution in [1.29, 1.82) is 0 Å². The van der Waals surface area contributed by atoms with Crippen molar-refractivity contribution in [3.63, 3.8) is 0 Å². The number of amides is 1. The van der Waals surface area contributed by atoms with E-state index >= 15 is 0 Å². The molecule has 5 nitrogen and oxygen atoms in total. The zero-order chi connectivity index (χ0) is 13.4. The fourth-order valence-electron chi connectivity index (χ4n) is 2.31. The lowest BCUT2D eigenvalue weighted by atomic mass is 10.3. The van der Waals surface area contributed by atoms with Crippen LogP contribution in [0.15, 0.2) is 24.5 Å². The number of nitrogens with zero attached hydrogens (tertiary/aromatic N) is 2. The highest BCUT2D eigenvalue weighted by molar-refractivity contribution is 8.14. The van der Waals surface area contributed by atoms with Crippen molar-refractivity contribution in [3.05, 3.63) is 24.5 Å². The molecule has 2 aromatic heterocycles. The summed E-state index contributed by atoms with van der Waals surface area (Å²) < 4.78 is 0. The minimum Gasteiger partial charge on any atom is -0.346 e. The van der Waals surface area contributed by atoms with Crippen molar-refractivity contribution in [2.75, 3.05) is 11.4 Å². The van der Waals surface area contributed by atoms with Crippen molar-refractivity contribution in [1.82, 2.24) is 9.97 Å². The van der Waals surface area contributed by atoms with Crippen LogP contribution in [0.3, 0.4) is 0 Å². The Hall–Kier alpha value is -1.82. The Morgan fingerprint density at radius 3 is 3.21 bits per heavy atom. The number of hydrogen-bond donors (Lipinski definition) is 1. The van der Waals surface area contributed by atoms with Gasteiger partial charge in [0.15, 0.2) is 5.12 Å². The Morgan fingerprint density at radius 2 is 2.42 bits per heavy atom. The molecule has 19 heavy (non-hydrogen) atoms. The standard InChI is InChI=1S/C13H13N3O2S/c1-8(17)19-11-5-12(18)16(7-11)10-4-9-2-3-14-13(9)15-6-10/h2-4,6,11H,5,7H2,1H3,(H,14,15). The highest BCUT2D eigenvalue weighted by atomic mass is 32.2. The van der Waals surface area contributed by atoms with Crippen LogP contribution < -0.4 is 4.90 Å². The second-order valence-corrected chi connectivity index (χ2v) is 6.03. The van der Waals surface area contributed by atoms with Crippen LogP contribution in [0.5, 0.6) is 0 Å². The molecule has 1 amide bonds. The first kappa shape index (κ1) is 12.2. The predicted molar refractivity (Wildman–Crippen MR) is 75.1 cm³/mol. The first-order chi connectivity index (χ1) is 9.13. The number of carbonyl (C=O) groups is 2. The lowest BCUT2D eigenvalue weighted by Crippen LogP contribution is -2.25. The van der Waals surface area contributed by atoms with Crippen LogP contribution in [0.25, 0.3) is 11.0 Å². The van der Waals surface area contributed by atoms with Gasteiger partial charge in [-0.05, 0) is 12.1 Å². The Kier molecular flexibility index (Phi) is 3.02. The summed E-state index contributed by atoms with van der Waals surface area (Å²) in [4.78, 5) is 32.1. The molecule has 3 rings (SSSR count). The number of hydrogen-bond acceptors (Lipinski definition) is 4. The number of H-pyrrole nitrogens is 1. The first-order valence-corrected chi connectivity index (χ1v) is 6.92. The summed E-state index contributed by atoms with van der Waals surface area (Å²) in [5, 5.41) is 1.08. The smallest absolute Gasteiger partial charge is 0.228 e. The molecule has 0 radical (unpaired) electrons. The molecule has 3 heterocycles. The molecule has 1 N–H and O–H groups in total. The minimum absolute atomic E-state index is 0.0481. The summed E-state index contributed by atoms with van der Waals surface area (Å²) in [5.74, 6) is 0.0513. The third kappa shape index (κ3) is 2.35. The summed E-state index contributed by atoms with van der Waals surface area (Å²) >= 11 is 1.24. The van der Waals surface area contributed by atoms with Gasteiger partial charge in [0.2, 0.25) is 5.91 Å². The molecular weight excluding hydrogens is 262 g/mol. The maximum absolute atomic E-state index is 12.0. The second kappa shape index (κ2) is 4.70. The first-order valence-electron chi connectivity index (χ1n) is 6.04. The molecule has 1 aliphatic heterocycles. The van der Waals surface area contributed by atoms with E-state index < -0.39 is 0 Å². The molecule has 0 bridgehead atoms. The zero-order valence-corrected chi connectivity index (χ0v) is 11.2. The number of thioether (sulfide) groups is 1. The van der Waals surface area contributed by atoms with Crippen molar-refractivity contribution < 1.29 is 9.59 Å². The van der Waals surface area contributed by atoms with Gasteiger partial charge in [0.1, 0.15) is 5.65 Å². The van der Waals surface area contributed by atoms with E-state index in [1.54, 1.807) is 11.1 Å². The van der Waals surface area contributed by atoms with Crippen LogP contribution in [0.1, 0.15) is 13.3 Å². The van der Waals surface area contributed by atoms with Crippen molar-refractivity contribution in [2.45, 2.75) is 18.6 Å². The van der Waals surface area contributed by atoms with Crippen LogP contribution in [-0.2, 0) is 9.59 Å². The highest BCUT2D eigenvalue weighted by Crippen LogP contribution is 2.29. The molecule has 0 aliphatic carbocycles. The van der Waals surface area contributed by atoms with E-state index in [0.29, 0.717) is 13.0 Å². The summed E-state index contributed by atoms with van der Waals surface area (Å²) in [6.07, 6.45) is 3.93. The number of rotatable bonds is 2. The fraction of sp³-hybridized carbons (Fsp3) is 0.308. The van der Waals surface area contributed by atoms with E-state index in [9.17, 15) is 9.59 Å². The Balaban J connectivity index is 1.85. The molecule has 6 heteroatoms. The molecule has 0 aromatic carbocycles. The van der Waals surface area contributed by atoms with E-state index in [-0.39, 0.29) is 16.3 Å². The largest absolute Gasteiger partial charge is 0.346 e. The van der Waals surface area contributed by atoms with Gasteiger partial charge < -0.3 is 9.88 Å². The van der Waals surface area contributed by atoms with Crippen LogP contribution >= 0.6 is 11.8 Å². The number of aromatic nitrogens is 2. The molecule has 1 aliphatic rings. The van der Waals surface area contributed by atoms with Crippen molar-refractivity contribution in [3.8, 4) is 0 Å². The number of nitrogens with one attached hydrogen (secondary N) is 1. The quantitative estimate of drug-likeness (QED) is 0.909. The average Bonchev–Trinajstić information content (AvgIpc) is 2.93. The maximum Gasteiger partial charge on any atom is 0.228 e. The molecule has 1 saturated heterocycles. The topological polar surface area (TPSA) is 66.1 Å². The number of carbonyl (C=O) groups excluding carboxylic acids is 2. The van der Waals surface area contributed by atoms with E-state index in [2.05, 4.69) is 9.97 Å². The Morgan fingerprint density at radius 1 is 1.58 bits per heavy atom. The van der Waals surface area contributed by atoms with Crippen LogP contribution in [0.4, 0.5) is 5.69 Å². The lowest BCUT2D eigenvalue weighted by molar-refractivity contribution is -0.117. The monoisotopic (exact) mass is 275 g/mol. The molecule has 0 saturated carbocycles. The van der Waals surface area contributed by atoms with E-state index in [1.165, 1.54) is 18.7 Å². The third-order valence-corrected chi connectivity index (χ3v) is 4.10. The molecule has 2 aromatic rings. The van der Waals surface area contributed by atoms with Gasteiger partial charge >= 0.3 is 0 Å². The molecule has 0 spiro atoms. The summed E-state index contributed by atoms with van der Waals surface area (Å²) in [5.41, 5.74) is 1.61. The number of anilines is 1. The predicted octanol–water partition coefficient (Wildman–Crippen LogP) is 1.95. The van der Waals surface area contributed by atoms with Gasteiger partial charge in [0.05, 0.1) is 11.9 Å². The van der Waals surface area contributed by atoms with Crippen LogP contribution in [-0.4, -0.2) is 32.8 Å². The number of aromatic amines is 1. The van der Waals surface area contributed by atoms with E-state index in [1.807, 2.05) is 18.3 Å². The van der Waals surface area contributed by atoms with Gasteiger partial charge in [-0.15, -0.1) is 0 Å². The fourth-order valence-corrected chi connectivity index (χ4v) is 3.23. The van der Waals surface area contributed by atoms with Gasteiger partial charge in [-0.2, -0.15) is 0 Å². The SMILES string of the molecule is CC(=O)SC1CC(=O)N(c2cnc3[nH]ccc3c2)C1. The van der Waals surface area contributed by atoms with E-state index in [4.69, 9.17) is 0 Å². The molecule has 1 atom stereocenters. The Bertz CT molecular complexity index is 652. The van der Waals surface area contributed by atoms with Crippen LogP contribution in [0.2, 0.25) is 0 Å². The highest BCUT2D eigenvalue weighted by Gasteiger charge is 2.32. The lowest BCUT2D eigenvalue weighted by Gasteiger charge is -2.15. The van der Waals surface area contributed by atoms with Crippen molar-refractivity contribution in [2.24, 2.45) is 0 Å². The van der Waals surface area contributed by atoms with Gasteiger partial charge in [-0.1, -0.05) is 11.8 Å². The molecule has 1 fully saturated rings. The average molecular weight is 275 g/mol. The van der Waals surface area contributed by atoms with Gasteiger partial charge in [0, 0.05) is 36.7 Å². The maximum atomic E-state index is 12.0. The van der Waals surface area contributed by atoms with Gasteiger partial charge in [-0.3, -0.25) is 9.59 Å². The summed E-state index contributed by atoms with van der Waals surface area (Å²) in [6, 6.07) is 3.87. The number of fused-ring (bicyclic) bond motifs is 1.